The highest BCUT2D eigenvalue weighted by atomic mass is 16.7. The summed E-state index contributed by atoms with van der Waals surface area (Å²) in [6, 6.07) is 27.8. The van der Waals surface area contributed by atoms with Gasteiger partial charge >= 0.3 is 11.9 Å². The molecule has 2 aliphatic rings. The van der Waals surface area contributed by atoms with Crippen molar-refractivity contribution in [2.75, 3.05) is 0 Å². The first-order valence-electron chi connectivity index (χ1n) is 12.0. The number of ether oxygens (including phenoxy) is 2. The van der Waals surface area contributed by atoms with Crippen LogP contribution in [0.5, 0.6) is 0 Å². The van der Waals surface area contributed by atoms with Crippen LogP contribution in [0.2, 0.25) is 0 Å². The summed E-state index contributed by atoms with van der Waals surface area (Å²) in [6.07, 6.45) is 0.512. The average Bonchev–Trinajstić information content (AvgIpc) is 3.14. The van der Waals surface area contributed by atoms with E-state index in [4.69, 9.17) is 9.47 Å². The molecule has 0 amide bonds. The van der Waals surface area contributed by atoms with Crippen molar-refractivity contribution >= 4 is 22.8 Å². The van der Waals surface area contributed by atoms with E-state index in [9.17, 15) is 9.59 Å². The lowest BCUT2D eigenvalue weighted by atomic mass is 9.55. The minimum Gasteiger partial charge on any atom is -0.422 e. The predicted molar refractivity (Wildman–Crippen MR) is 133 cm³/mol. The minimum atomic E-state index is -1.56. The van der Waals surface area contributed by atoms with Crippen LogP contribution in [-0.2, 0) is 32.5 Å². The standard InChI is InChI=1S/C30H27NO4/c1-29(2)34-27(32)30(28(33)35-29)22(19-12-6-4-7-13-19)18-24-25(26(30)20-14-8-5-9-15-20)21-16-10-11-17-23(21)31(24)3/h4-17,22,26H,18H2,1-3H3/t22-,26-/m1/s1. The van der Waals surface area contributed by atoms with Gasteiger partial charge < -0.3 is 14.0 Å². The van der Waals surface area contributed by atoms with Crippen LogP contribution in [0.3, 0.4) is 0 Å². The van der Waals surface area contributed by atoms with E-state index >= 15 is 0 Å². The molecule has 0 bridgehead atoms. The number of aryl methyl sites for hydroxylation is 1. The van der Waals surface area contributed by atoms with E-state index in [0.29, 0.717) is 6.42 Å². The molecule has 1 aliphatic heterocycles. The van der Waals surface area contributed by atoms with Crippen LogP contribution in [-0.4, -0.2) is 22.3 Å². The maximum Gasteiger partial charge on any atom is 0.328 e. The molecule has 1 aliphatic carbocycles. The molecule has 2 atom stereocenters. The summed E-state index contributed by atoms with van der Waals surface area (Å²) in [7, 11) is 2.06. The second-order valence-electron chi connectivity index (χ2n) is 10.00. The summed E-state index contributed by atoms with van der Waals surface area (Å²) in [4.78, 5) is 28.4. The molecule has 1 aromatic heterocycles. The molecule has 4 aromatic rings. The fraction of sp³-hybridized carbons (Fsp3) is 0.267. The summed E-state index contributed by atoms with van der Waals surface area (Å²) in [5, 5.41) is 1.04. The van der Waals surface area contributed by atoms with Gasteiger partial charge in [0.2, 0.25) is 0 Å². The number of rotatable bonds is 2. The number of fused-ring (bicyclic) bond motifs is 3. The molecule has 1 spiro atoms. The van der Waals surface area contributed by atoms with Crippen LogP contribution in [0, 0.1) is 5.41 Å². The molecule has 5 heteroatoms. The van der Waals surface area contributed by atoms with Crippen LogP contribution in [0.4, 0.5) is 0 Å². The van der Waals surface area contributed by atoms with Crippen LogP contribution >= 0.6 is 0 Å². The maximum atomic E-state index is 14.2. The summed E-state index contributed by atoms with van der Waals surface area (Å²) in [5.41, 5.74) is 3.42. The van der Waals surface area contributed by atoms with Crippen molar-refractivity contribution in [2.24, 2.45) is 12.5 Å². The zero-order chi connectivity index (χ0) is 24.4. The van der Waals surface area contributed by atoms with Crippen molar-refractivity contribution in [2.45, 2.75) is 37.9 Å². The summed E-state index contributed by atoms with van der Waals surface area (Å²) < 4.78 is 14.0. The predicted octanol–water partition coefficient (Wildman–Crippen LogP) is 5.47. The SMILES string of the molecule is Cn1c2c(c3ccccc31)[C@@H](c1ccccc1)C1(C(=O)OC(C)(C)OC1=O)[C@@H](c1ccccc1)C2. The van der Waals surface area contributed by atoms with Crippen LogP contribution < -0.4 is 0 Å². The highest BCUT2D eigenvalue weighted by Gasteiger charge is 2.67. The fourth-order valence-corrected chi connectivity index (χ4v) is 6.21. The minimum absolute atomic E-state index is 0.458. The average molecular weight is 466 g/mol. The van der Waals surface area contributed by atoms with Gasteiger partial charge in [-0.15, -0.1) is 0 Å². The molecule has 35 heavy (non-hydrogen) atoms. The second-order valence-corrected chi connectivity index (χ2v) is 10.00. The normalized spacial score (nSPS) is 22.5. The molecule has 0 unspecified atom stereocenters. The molecule has 0 radical (unpaired) electrons. The molecule has 1 fully saturated rings. The van der Waals surface area contributed by atoms with Crippen molar-refractivity contribution in [1.29, 1.82) is 0 Å². The van der Waals surface area contributed by atoms with E-state index in [2.05, 4.69) is 23.7 Å². The zero-order valence-electron chi connectivity index (χ0n) is 20.0. The lowest BCUT2D eigenvalue weighted by Crippen LogP contribution is -2.61. The van der Waals surface area contributed by atoms with Gasteiger partial charge in [0.05, 0.1) is 0 Å². The zero-order valence-corrected chi connectivity index (χ0v) is 20.0. The maximum absolute atomic E-state index is 14.2. The Labute approximate surface area is 204 Å². The van der Waals surface area contributed by atoms with E-state index in [1.54, 1.807) is 13.8 Å². The highest BCUT2D eigenvalue weighted by molar-refractivity contribution is 6.06. The Hall–Kier alpha value is -3.86. The fourth-order valence-electron chi connectivity index (χ4n) is 6.21. The third-order valence-corrected chi connectivity index (χ3v) is 7.65. The third-order valence-electron chi connectivity index (χ3n) is 7.65. The first-order valence-corrected chi connectivity index (χ1v) is 12.0. The first kappa shape index (κ1) is 21.7. The van der Waals surface area contributed by atoms with Gasteiger partial charge in [-0.2, -0.15) is 0 Å². The summed E-state index contributed by atoms with van der Waals surface area (Å²) in [6.45, 7) is 3.22. The number of carbonyl (C=O) groups excluding carboxylic acids is 2. The molecular weight excluding hydrogens is 438 g/mol. The lowest BCUT2D eigenvalue weighted by Gasteiger charge is -2.50. The molecule has 2 heterocycles. The first-order chi connectivity index (χ1) is 16.8. The van der Waals surface area contributed by atoms with Crippen molar-refractivity contribution in [3.05, 3.63) is 107 Å². The molecule has 0 N–H and O–H groups in total. The van der Waals surface area contributed by atoms with E-state index in [0.717, 1.165) is 33.3 Å². The Kier molecular flexibility index (Phi) is 4.69. The Balaban J connectivity index is 1.74. The van der Waals surface area contributed by atoms with E-state index in [1.165, 1.54) is 0 Å². The van der Waals surface area contributed by atoms with Gasteiger partial charge in [0.25, 0.3) is 5.79 Å². The van der Waals surface area contributed by atoms with Gasteiger partial charge in [0.15, 0.2) is 5.41 Å². The number of carbonyl (C=O) groups is 2. The number of para-hydroxylation sites is 1. The second kappa shape index (κ2) is 7.57. The van der Waals surface area contributed by atoms with Crippen molar-refractivity contribution in [3.8, 4) is 0 Å². The quantitative estimate of drug-likeness (QED) is 0.291. The number of aromatic nitrogens is 1. The van der Waals surface area contributed by atoms with Crippen LogP contribution in [0.1, 0.15) is 48.1 Å². The van der Waals surface area contributed by atoms with Gasteiger partial charge in [0, 0.05) is 49.3 Å². The molecular formula is C30H27NO4. The number of cyclic esters (lactones) is 2. The number of hydrogen-bond donors (Lipinski definition) is 0. The van der Waals surface area contributed by atoms with E-state index in [1.807, 2.05) is 72.8 Å². The number of nitrogens with zero attached hydrogens (tertiary/aromatic N) is 1. The van der Waals surface area contributed by atoms with Gasteiger partial charge in [-0.1, -0.05) is 78.9 Å². The van der Waals surface area contributed by atoms with Gasteiger partial charge in [0.1, 0.15) is 0 Å². The van der Waals surface area contributed by atoms with Gasteiger partial charge in [-0.05, 0) is 29.2 Å². The largest absolute Gasteiger partial charge is 0.422 e. The Morgan fingerprint density at radius 2 is 1.31 bits per heavy atom. The van der Waals surface area contributed by atoms with Crippen molar-refractivity contribution < 1.29 is 19.1 Å². The number of hydrogen-bond acceptors (Lipinski definition) is 4. The van der Waals surface area contributed by atoms with Gasteiger partial charge in [-0.3, -0.25) is 9.59 Å². The molecule has 0 saturated carbocycles. The molecule has 176 valence electrons. The van der Waals surface area contributed by atoms with E-state index < -0.39 is 35.0 Å². The summed E-state index contributed by atoms with van der Waals surface area (Å²) in [5.74, 6) is -3.40. The molecule has 1 saturated heterocycles. The van der Waals surface area contributed by atoms with Crippen LogP contribution in [0.15, 0.2) is 84.9 Å². The number of esters is 2. The Bertz CT molecular complexity index is 1430. The van der Waals surface area contributed by atoms with Crippen LogP contribution in [0.25, 0.3) is 10.9 Å². The lowest BCUT2D eigenvalue weighted by molar-refractivity contribution is -0.254. The highest BCUT2D eigenvalue weighted by Crippen LogP contribution is 2.60. The molecule has 5 nitrogen and oxygen atoms in total. The van der Waals surface area contributed by atoms with Crippen molar-refractivity contribution in [1.82, 2.24) is 4.57 Å². The smallest absolute Gasteiger partial charge is 0.328 e. The number of benzene rings is 3. The van der Waals surface area contributed by atoms with Crippen molar-refractivity contribution in [3.63, 3.8) is 0 Å². The van der Waals surface area contributed by atoms with E-state index in [-0.39, 0.29) is 0 Å². The molecule has 6 rings (SSSR count). The topological polar surface area (TPSA) is 57.5 Å². The third kappa shape index (κ3) is 3.00. The summed E-state index contributed by atoms with van der Waals surface area (Å²) >= 11 is 0. The Morgan fingerprint density at radius 3 is 1.94 bits per heavy atom. The Morgan fingerprint density at radius 1 is 0.771 bits per heavy atom. The molecule has 3 aromatic carbocycles. The van der Waals surface area contributed by atoms with Gasteiger partial charge in [-0.25, -0.2) is 0 Å². The monoisotopic (exact) mass is 465 g/mol.